The van der Waals surface area contributed by atoms with Crippen LogP contribution < -0.4 is 9.46 Å². The Morgan fingerprint density at radius 3 is 2.14 bits per heavy atom. The zero-order valence-corrected chi connectivity index (χ0v) is 13.4. The summed E-state index contributed by atoms with van der Waals surface area (Å²) in [6, 6.07) is 10.7. The van der Waals surface area contributed by atoms with Crippen LogP contribution in [0.2, 0.25) is 0 Å². The zero-order chi connectivity index (χ0) is 15.6. The lowest BCUT2D eigenvalue weighted by Gasteiger charge is -2.15. The molecular weight excluding hydrogens is 286 g/mol. The highest BCUT2D eigenvalue weighted by molar-refractivity contribution is 7.92. The number of aryl methyl sites for hydroxylation is 3. The molecule has 0 amide bonds. The topological polar surface area (TPSA) is 55.4 Å². The van der Waals surface area contributed by atoms with Gasteiger partial charge in [-0.2, -0.15) is 0 Å². The van der Waals surface area contributed by atoms with E-state index in [4.69, 9.17) is 4.74 Å². The van der Waals surface area contributed by atoms with Gasteiger partial charge >= 0.3 is 0 Å². The van der Waals surface area contributed by atoms with Crippen LogP contribution in [0.4, 0.5) is 5.69 Å². The van der Waals surface area contributed by atoms with Gasteiger partial charge in [-0.3, -0.25) is 4.72 Å². The minimum atomic E-state index is -3.65. The minimum absolute atomic E-state index is 0.319. The second kappa shape index (κ2) is 5.77. The van der Waals surface area contributed by atoms with Crippen molar-refractivity contribution in [2.75, 3.05) is 11.8 Å². The third-order valence-corrected chi connectivity index (χ3v) is 4.89. The highest BCUT2D eigenvalue weighted by Crippen LogP contribution is 2.28. The fourth-order valence-corrected chi connectivity index (χ4v) is 4.04. The van der Waals surface area contributed by atoms with E-state index in [0.29, 0.717) is 16.3 Å². The van der Waals surface area contributed by atoms with Crippen LogP contribution in [0.15, 0.2) is 41.3 Å². The number of sulfonamides is 1. The van der Waals surface area contributed by atoms with Crippen molar-refractivity contribution < 1.29 is 13.2 Å². The Balaban J connectivity index is 2.49. The maximum atomic E-state index is 12.7. The Bertz CT molecular complexity index is 744. The summed E-state index contributed by atoms with van der Waals surface area (Å²) in [7, 11) is -2.14. The predicted molar refractivity (Wildman–Crippen MR) is 84.5 cm³/mol. The van der Waals surface area contributed by atoms with Gasteiger partial charge in [0.25, 0.3) is 10.0 Å². The zero-order valence-electron chi connectivity index (χ0n) is 12.6. The van der Waals surface area contributed by atoms with E-state index in [0.717, 1.165) is 16.7 Å². The summed E-state index contributed by atoms with van der Waals surface area (Å²) in [5, 5.41) is 0. The van der Waals surface area contributed by atoms with Crippen molar-refractivity contribution in [2.24, 2.45) is 0 Å². The van der Waals surface area contributed by atoms with Crippen molar-refractivity contribution in [3.05, 3.63) is 53.1 Å². The van der Waals surface area contributed by atoms with Gasteiger partial charge in [-0.1, -0.05) is 29.8 Å². The number of nitrogens with one attached hydrogen (secondary N) is 1. The summed E-state index contributed by atoms with van der Waals surface area (Å²) < 4.78 is 33.1. The summed E-state index contributed by atoms with van der Waals surface area (Å²) in [5.41, 5.74) is 2.94. The quantitative estimate of drug-likeness (QED) is 0.941. The molecule has 2 aromatic carbocycles. The highest BCUT2D eigenvalue weighted by atomic mass is 32.2. The molecule has 0 saturated carbocycles. The second-order valence-electron chi connectivity index (χ2n) is 5.03. The molecule has 2 rings (SSSR count). The molecule has 21 heavy (non-hydrogen) atoms. The standard InChI is InChI=1S/C16H19NO3S/c1-11-9-12(2)16(13(3)10-11)21(18,19)17-14-7-5-6-8-15(14)20-4/h5-10,17H,1-4H3. The Kier molecular flexibility index (Phi) is 4.23. The van der Waals surface area contributed by atoms with Gasteiger partial charge in [0.15, 0.2) is 0 Å². The van der Waals surface area contributed by atoms with Crippen molar-refractivity contribution in [2.45, 2.75) is 25.7 Å². The third-order valence-electron chi connectivity index (χ3n) is 3.22. The molecule has 0 saturated heterocycles. The number of para-hydroxylation sites is 2. The Morgan fingerprint density at radius 2 is 1.57 bits per heavy atom. The normalized spacial score (nSPS) is 11.2. The van der Waals surface area contributed by atoms with Crippen LogP contribution >= 0.6 is 0 Å². The van der Waals surface area contributed by atoms with Crippen LogP contribution in [0.5, 0.6) is 5.75 Å². The van der Waals surface area contributed by atoms with Crippen molar-refractivity contribution in [1.82, 2.24) is 0 Å². The number of methoxy groups -OCH3 is 1. The molecule has 2 aromatic rings. The molecule has 0 radical (unpaired) electrons. The van der Waals surface area contributed by atoms with E-state index < -0.39 is 10.0 Å². The van der Waals surface area contributed by atoms with E-state index in [1.54, 1.807) is 38.1 Å². The van der Waals surface area contributed by atoms with E-state index in [1.807, 2.05) is 19.1 Å². The minimum Gasteiger partial charge on any atom is -0.495 e. The molecule has 0 unspecified atom stereocenters. The van der Waals surface area contributed by atoms with Crippen molar-refractivity contribution in [3.63, 3.8) is 0 Å². The summed E-state index contributed by atoms with van der Waals surface area (Å²) in [6.45, 7) is 5.55. The Labute approximate surface area is 125 Å². The van der Waals surface area contributed by atoms with Gasteiger partial charge in [-0.15, -0.1) is 0 Å². The molecule has 0 bridgehead atoms. The molecule has 0 aliphatic carbocycles. The van der Waals surface area contributed by atoms with Crippen LogP contribution in [-0.2, 0) is 10.0 Å². The average molecular weight is 305 g/mol. The summed E-state index contributed by atoms with van der Waals surface area (Å²) in [6.07, 6.45) is 0. The van der Waals surface area contributed by atoms with E-state index >= 15 is 0 Å². The van der Waals surface area contributed by atoms with Gasteiger partial charge < -0.3 is 4.74 Å². The molecule has 0 aliphatic rings. The maximum Gasteiger partial charge on any atom is 0.262 e. The molecule has 0 aromatic heterocycles. The number of benzene rings is 2. The fraction of sp³-hybridized carbons (Fsp3) is 0.250. The number of rotatable bonds is 4. The van der Waals surface area contributed by atoms with E-state index in [-0.39, 0.29) is 0 Å². The molecular formula is C16H19NO3S. The molecule has 0 aliphatic heterocycles. The lowest BCUT2D eigenvalue weighted by atomic mass is 10.1. The first kappa shape index (κ1) is 15.4. The molecule has 1 N–H and O–H groups in total. The Hall–Kier alpha value is -2.01. The van der Waals surface area contributed by atoms with Gasteiger partial charge in [0.1, 0.15) is 5.75 Å². The SMILES string of the molecule is COc1ccccc1NS(=O)(=O)c1c(C)cc(C)cc1C. The molecule has 0 spiro atoms. The average Bonchev–Trinajstić information content (AvgIpc) is 2.37. The predicted octanol–water partition coefficient (Wildman–Crippen LogP) is 3.42. The highest BCUT2D eigenvalue weighted by Gasteiger charge is 2.21. The van der Waals surface area contributed by atoms with Crippen molar-refractivity contribution >= 4 is 15.7 Å². The van der Waals surface area contributed by atoms with Gasteiger partial charge in [-0.25, -0.2) is 8.42 Å². The van der Waals surface area contributed by atoms with E-state index in [1.165, 1.54) is 7.11 Å². The van der Waals surface area contributed by atoms with Crippen LogP contribution in [0.25, 0.3) is 0 Å². The molecule has 4 nitrogen and oxygen atoms in total. The third kappa shape index (κ3) is 3.19. The lowest BCUT2D eigenvalue weighted by molar-refractivity contribution is 0.417. The summed E-state index contributed by atoms with van der Waals surface area (Å²) in [4.78, 5) is 0.319. The van der Waals surface area contributed by atoms with Crippen molar-refractivity contribution in [3.8, 4) is 5.75 Å². The number of hydrogen-bond donors (Lipinski definition) is 1. The summed E-state index contributed by atoms with van der Waals surface area (Å²) >= 11 is 0. The van der Waals surface area contributed by atoms with Crippen LogP contribution in [0.3, 0.4) is 0 Å². The van der Waals surface area contributed by atoms with Gasteiger partial charge in [0.2, 0.25) is 0 Å². The monoisotopic (exact) mass is 305 g/mol. The smallest absolute Gasteiger partial charge is 0.262 e. The van der Waals surface area contributed by atoms with E-state index in [2.05, 4.69) is 4.72 Å². The first-order valence-corrected chi connectivity index (χ1v) is 8.07. The first-order chi connectivity index (χ1) is 9.85. The molecule has 0 fully saturated rings. The number of anilines is 1. The summed E-state index contributed by atoms with van der Waals surface area (Å²) in [5.74, 6) is 0.489. The van der Waals surface area contributed by atoms with Gasteiger partial charge in [0, 0.05) is 0 Å². The fourth-order valence-electron chi connectivity index (χ4n) is 2.52. The Morgan fingerprint density at radius 1 is 1.00 bits per heavy atom. The maximum absolute atomic E-state index is 12.7. The van der Waals surface area contributed by atoms with E-state index in [9.17, 15) is 8.42 Å². The van der Waals surface area contributed by atoms with Gasteiger partial charge in [0.05, 0.1) is 17.7 Å². The molecule has 112 valence electrons. The second-order valence-corrected chi connectivity index (χ2v) is 6.65. The molecule has 0 atom stereocenters. The van der Waals surface area contributed by atoms with Gasteiger partial charge in [-0.05, 0) is 44.0 Å². The molecule has 5 heteroatoms. The number of hydrogen-bond acceptors (Lipinski definition) is 3. The van der Waals surface area contributed by atoms with Crippen LogP contribution in [0, 0.1) is 20.8 Å². The van der Waals surface area contributed by atoms with Crippen molar-refractivity contribution in [1.29, 1.82) is 0 Å². The van der Waals surface area contributed by atoms with Crippen LogP contribution in [0.1, 0.15) is 16.7 Å². The largest absolute Gasteiger partial charge is 0.495 e. The molecule has 0 heterocycles. The number of ether oxygens (including phenoxy) is 1. The van der Waals surface area contributed by atoms with Crippen LogP contribution in [-0.4, -0.2) is 15.5 Å². The first-order valence-electron chi connectivity index (χ1n) is 6.59. The lowest BCUT2D eigenvalue weighted by Crippen LogP contribution is -2.16.